The van der Waals surface area contributed by atoms with E-state index in [1.807, 2.05) is 25.2 Å². The molecule has 0 saturated heterocycles. The van der Waals surface area contributed by atoms with Crippen molar-refractivity contribution in [2.75, 3.05) is 13.7 Å². The van der Waals surface area contributed by atoms with Crippen LogP contribution in [0.3, 0.4) is 0 Å². The van der Waals surface area contributed by atoms with Crippen LogP contribution in [-0.2, 0) is 0 Å². The quantitative estimate of drug-likeness (QED) is 0.899. The molecule has 0 aliphatic rings. The van der Waals surface area contributed by atoms with Gasteiger partial charge in [-0.05, 0) is 30.8 Å². The summed E-state index contributed by atoms with van der Waals surface area (Å²) < 4.78 is 2.01. The maximum Gasteiger partial charge on any atom is 0.0626 e. The van der Waals surface area contributed by atoms with E-state index in [2.05, 4.69) is 37.2 Å². The molecular weight excluding hydrogens is 298 g/mol. The summed E-state index contributed by atoms with van der Waals surface area (Å²) in [5.41, 5.74) is 1.06. The highest BCUT2D eigenvalue weighted by Crippen LogP contribution is 2.23. The molecule has 0 aromatic heterocycles. The Kier molecular flexibility index (Phi) is 4.38. The van der Waals surface area contributed by atoms with E-state index in [1.54, 1.807) is 0 Å². The first-order valence-corrected chi connectivity index (χ1v) is 5.50. The van der Waals surface area contributed by atoms with Crippen LogP contribution in [0.5, 0.6) is 0 Å². The zero-order chi connectivity index (χ0) is 9.84. The molecular formula is C9H11Br2NO. The molecule has 0 fully saturated rings. The second-order valence-electron chi connectivity index (χ2n) is 2.73. The van der Waals surface area contributed by atoms with Gasteiger partial charge in [0.05, 0.1) is 12.6 Å². The van der Waals surface area contributed by atoms with Crippen LogP contribution < -0.4 is 5.32 Å². The maximum absolute atomic E-state index is 9.07. The molecule has 0 bridgehead atoms. The van der Waals surface area contributed by atoms with Gasteiger partial charge in [0.2, 0.25) is 0 Å². The molecule has 1 aromatic carbocycles. The Morgan fingerprint density at radius 2 is 1.85 bits per heavy atom. The average molecular weight is 309 g/mol. The van der Waals surface area contributed by atoms with Crippen molar-refractivity contribution >= 4 is 31.9 Å². The van der Waals surface area contributed by atoms with Gasteiger partial charge in [-0.2, -0.15) is 0 Å². The standard InChI is InChI=1S/C9H11Br2NO/c1-12-9(5-13)6-2-7(10)4-8(11)3-6/h2-4,9,12-13H,5H2,1H3/t9-/m1/s1. The summed E-state index contributed by atoms with van der Waals surface area (Å²) in [5, 5.41) is 12.1. The van der Waals surface area contributed by atoms with Crippen molar-refractivity contribution in [1.29, 1.82) is 0 Å². The first-order chi connectivity index (χ1) is 6.17. The van der Waals surface area contributed by atoms with Gasteiger partial charge in [0, 0.05) is 8.95 Å². The number of aliphatic hydroxyl groups excluding tert-OH is 1. The lowest BCUT2D eigenvalue weighted by Crippen LogP contribution is -2.19. The van der Waals surface area contributed by atoms with E-state index in [9.17, 15) is 0 Å². The van der Waals surface area contributed by atoms with Crippen molar-refractivity contribution in [1.82, 2.24) is 5.32 Å². The Balaban J connectivity index is 2.99. The van der Waals surface area contributed by atoms with Crippen molar-refractivity contribution in [3.8, 4) is 0 Å². The van der Waals surface area contributed by atoms with Gasteiger partial charge in [-0.3, -0.25) is 0 Å². The van der Waals surface area contributed by atoms with Crippen molar-refractivity contribution in [3.63, 3.8) is 0 Å². The van der Waals surface area contributed by atoms with Gasteiger partial charge >= 0.3 is 0 Å². The molecule has 0 unspecified atom stereocenters. The molecule has 0 amide bonds. The number of aliphatic hydroxyl groups is 1. The predicted octanol–water partition coefficient (Wildman–Crippen LogP) is 2.46. The number of hydrogen-bond donors (Lipinski definition) is 2. The van der Waals surface area contributed by atoms with Crippen molar-refractivity contribution in [2.24, 2.45) is 0 Å². The molecule has 1 rings (SSSR count). The molecule has 0 aliphatic carbocycles. The van der Waals surface area contributed by atoms with Gasteiger partial charge in [0.25, 0.3) is 0 Å². The summed E-state index contributed by atoms with van der Waals surface area (Å²) >= 11 is 6.80. The van der Waals surface area contributed by atoms with Gasteiger partial charge < -0.3 is 10.4 Å². The molecule has 2 nitrogen and oxygen atoms in total. The van der Waals surface area contributed by atoms with E-state index in [4.69, 9.17) is 5.11 Å². The van der Waals surface area contributed by atoms with Gasteiger partial charge in [0.1, 0.15) is 0 Å². The van der Waals surface area contributed by atoms with Crippen LogP contribution in [0.2, 0.25) is 0 Å². The molecule has 13 heavy (non-hydrogen) atoms. The molecule has 72 valence electrons. The third kappa shape index (κ3) is 3.06. The maximum atomic E-state index is 9.07. The Morgan fingerprint density at radius 1 is 1.31 bits per heavy atom. The lowest BCUT2D eigenvalue weighted by Gasteiger charge is -2.14. The Morgan fingerprint density at radius 3 is 2.23 bits per heavy atom. The average Bonchev–Trinajstić information content (AvgIpc) is 2.04. The van der Waals surface area contributed by atoms with Gasteiger partial charge in [-0.1, -0.05) is 31.9 Å². The Hall–Kier alpha value is 0.1000. The normalized spacial score (nSPS) is 12.9. The highest BCUT2D eigenvalue weighted by molar-refractivity contribution is 9.11. The number of likely N-dealkylation sites (N-methyl/N-ethyl adjacent to an activating group) is 1. The van der Waals surface area contributed by atoms with Crippen LogP contribution in [0.1, 0.15) is 11.6 Å². The first kappa shape index (κ1) is 11.2. The zero-order valence-corrected chi connectivity index (χ0v) is 10.4. The van der Waals surface area contributed by atoms with Crippen molar-refractivity contribution < 1.29 is 5.11 Å². The molecule has 0 spiro atoms. The summed E-state index contributed by atoms with van der Waals surface area (Å²) in [5.74, 6) is 0. The van der Waals surface area contributed by atoms with E-state index in [1.165, 1.54) is 0 Å². The minimum Gasteiger partial charge on any atom is -0.394 e. The van der Waals surface area contributed by atoms with Crippen LogP contribution in [0.25, 0.3) is 0 Å². The summed E-state index contributed by atoms with van der Waals surface area (Å²) in [6.07, 6.45) is 0. The van der Waals surface area contributed by atoms with E-state index >= 15 is 0 Å². The predicted molar refractivity (Wildman–Crippen MR) is 60.7 cm³/mol. The summed E-state index contributed by atoms with van der Waals surface area (Å²) in [7, 11) is 1.83. The molecule has 1 atom stereocenters. The third-order valence-corrected chi connectivity index (χ3v) is 2.73. The van der Waals surface area contributed by atoms with Crippen molar-refractivity contribution in [2.45, 2.75) is 6.04 Å². The largest absolute Gasteiger partial charge is 0.394 e. The van der Waals surface area contributed by atoms with Crippen molar-refractivity contribution in [3.05, 3.63) is 32.7 Å². The molecule has 0 aliphatic heterocycles. The van der Waals surface area contributed by atoms with E-state index in [0.717, 1.165) is 14.5 Å². The number of hydrogen-bond acceptors (Lipinski definition) is 2. The Labute approximate surface area is 94.6 Å². The smallest absolute Gasteiger partial charge is 0.0626 e. The SMILES string of the molecule is CN[C@H](CO)c1cc(Br)cc(Br)c1. The fraction of sp³-hybridized carbons (Fsp3) is 0.333. The van der Waals surface area contributed by atoms with Crippen LogP contribution >= 0.6 is 31.9 Å². The van der Waals surface area contributed by atoms with Gasteiger partial charge in [0.15, 0.2) is 0 Å². The number of halogens is 2. The van der Waals surface area contributed by atoms with Crippen LogP contribution in [0.15, 0.2) is 27.1 Å². The molecule has 2 N–H and O–H groups in total. The van der Waals surface area contributed by atoms with Gasteiger partial charge in [-0.25, -0.2) is 0 Å². The van der Waals surface area contributed by atoms with Crippen LogP contribution in [-0.4, -0.2) is 18.8 Å². The summed E-state index contributed by atoms with van der Waals surface area (Å²) in [6.45, 7) is 0.0966. The lowest BCUT2D eigenvalue weighted by atomic mass is 10.1. The third-order valence-electron chi connectivity index (χ3n) is 1.82. The number of benzene rings is 1. The molecule has 4 heteroatoms. The second kappa shape index (κ2) is 5.10. The highest BCUT2D eigenvalue weighted by atomic mass is 79.9. The van der Waals surface area contributed by atoms with Crippen LogP contribution in [0.4, 0.5) is 0 Å². The van der Waals surface area contributed by atoms with E-state index in [-0.39, 0.29) is 12.6 Å². The Bertz CT molecular complexity index is 267. The second-order valence-corrected chi connectivity index (χ2v) is 4.56. The fourth-order valence-electron chi connectivity index (χ4n) is 1.14. The number of rotatable bonds is 3. The molecule has 0 heterocycles. The molecule has 1 aromatic rings. The zero-order valence-electron chi connectivity index (χ0n) is 7.22. The summed E-state index contributed by atoms with van der Waals surface area (Å²) in [6, 6.07) is 5.94. The topological polar surface area (TPSA) is 32.3 Å². The monoisotopic (exact) mass is 307 g/mol. The highest BCUT2D eigenvalue weighted by Gasteiger charge is 2.08. The summed E-state index contributed by atoms with van der Waals surface area (Å²) in [4.78, 5) is 0. The minimum absolute atomic E-state index is 0.00574. The molecule has 0 saturated carbocycles. The van der Waals surface area contributed by atoms with Gasteiger partial charge in [-0.15, -0.1) is 0 Å². The number of nitrogens with one attached hydrogen (secondary N) is 1. The van der Waals surface area contributed by atoms with E-state index < -0.39 is 0 Å². The molecule has 0 radical (unpaired) electrons. The fourth-order valence-corrected chi connectivity index (χ4v) is 2.47. The van der Waals surface area contributed by atoms with Crippen LogP contribution in [0, 0.1) is 0 Å². The van der Waals surface area contributed by atoms with E-state index in [0.29, 0.717) is 0 Å². The minimum atomic E-state index is -0.00574. The lowest BCUT2D eigenvalue weighted by molar-refractivity contribution is 0.251. The first-order valence-electron chi connectivity index (χ1n) is 3.91.